The van der Waals surface area contributed by atoms with Gasteiger partial charge in [0, 0.05) is 24.7 Å². The molecule has 18 nitrogen and oxygen atoms in total. The molecule has 0 aliphatic carbocycles. The molecule has 2 aromatic rings. The first-order valence-electron chi connectivity index (χ1n) is 16.7. The van der Waals surface area contributed by atoms with Crippen LogP contribution in [0.2, 0.25) is 0 Å². The maximum atomic E-state index is 13.7. The van der Waals surface area contributed by atoms with Crippen molar-refractivity contribution in [3.63, 3.8) is 0 Å². The SMILES string of the molecule is COC(=O)CC[C@H](NC(=O)[C@H](CC(C)C)NC(=O)OCc1ccccc1)C(=O)N[C@@H](Cc1cnc[nH]1)C(=O)N[C@@H](CC(=O)OC)C(=O)CF.O=C(O)C(F)(F)F. The highest BCUT2D eigenvalue weighted by Gasteiger charge is 2.38. The van der Waals surface area contributed by atoms with Crippen molar-refractivity contribution >= 4 is 47.5 Å². The molecule has 4 amide bonds. The van der Waals surface area contributed by atoms with Gasteiger partial charge in [-0.1, -0.05) is 44.2 Å². The van der Waals surface area contributed by atoms with E-state index >= 15 is 0 Å². The summed E-state index contributed by atoms with van der Waals surface area (Å²) in [5.41, 5.74) is 1.11. The summed E-state index contributed by atoms with van der Waals surface area (Å²) in [6, 6.07) is 3.28. The number of alkyl carbamates (subject to hydrolysis) is 1. The van der Waals surface area contributed by atoms with Crippen LogP contribution in [0.3, 0.4) is 0 Å². The van der Waals surface area contributed by atoms with Crippen molar-refractivity contribution in [1.82, 2.24) is 31.2 Å². The van der Waals surface area contributed by atoms with E-state index in [0.29, 0.717) is 5.69 Å². The Morgan fingerprint density at radius 3 is 1.89 bits per heavy atom. The standard InChI is InChI=1S/C32H43FN6O10.C2HF3O2/c1-19(2)12-24(39-32(46)49-17-20-8-6-5-7-9-20)30(44)36-22(10-11-27(41)47-3)29(43)38-25(13-21-16-34-18-35-21)31(45)37-23(26(40)15-33)14-28(42)48-4;3-2(4,5)1(6)7/h5-9,16,18-19,22-25H,10-15,17H2,1-4H3,(H,34,35)(H,36,44)(H,37,45)(H,38,43)(H,39,46);(H,6,7)/t22-,23-,24-,25-;/m0./s1. The Morgan fingerprint density at radius 1 is 0.821 bits per heavy atom. The number of halogens is 4. The van der Waals surface area contributed by atoms with Crippen molar-refractivity contribution in [3.8, 4) is 0 Å². The third-order valence-electron chi connectivity index (χ3n) is 7.32. The Hall–Kier alpha value is -6.09. The highest BCUT2D eigenvalue weighted by Crippen LogP contribution is 2.13. The Balaban J connectivity index is 0.00000203. The number of esters is 2. The van der Waals surface area contributed by atoms with E-state index in [2.05, 4.69) is 40.7 Å². The Labute approximate surface area is 317 Å². The molecule has 2 rings (SSSR count). The van der Waals surface area contributed by atoms with E-state index in [-0.39, 0.29) is 38.2 Å². The number of rotatable bonds is 20. The van der Waals surface area contributed by atoms with Crippen LogP contribution in [-0.2, 0) is 60.8 Å². The number of nitrogens with one attached hydrogen (secondary N) is 5. The first-order chi connectivity index (χ1) is 26.3. The van der Waals surface area contributed by atoms with Gasteiger partial charge in [-0.05, 0) is 24.3 Å². The molecule has 6 N–H and O–H groups in total. The van der Waals surface area contributed by atoms with E-state index in [1.807, 2.05) is 13.8 Å². The molecule has 310 valence electrons. The third-order valence-corrected chi connectivity index (χ3v) is 7.32. The molecule has 0 aliphatic rings. The second-order valence-corrected chi connectivity index (χ2v) is 12.2. The fourth-order valence-corrected chi connectivity index (χ4v) is 4.47. The van der Waals surface area contributed by atoms with Gasteiger partial charge in [-0.15, -0.1) is 0 Å². The number of amides is 4. The van der Waals surface area contributed by atoms with E-state index in [9.17, 15) is 51.1 Å². The minimum atomic E-state index is -5.08. The molecule has 0 fully saturated rings. The van der Waals surface area contributed by atoms with Crippen molar-refractivity contribution < 1.29 is 75.2 Å². The first kappa shape index (κ1) is 47.9. The van der Waals surface area contributed by atoms with E-state index in [1.165, 1.54) is 12.5 Å². The third kappa shape index (κ3) is 18.8. The number of carboxylic acids is 1. The predicted octanol–water partition coefficient (Wildman–Crippen LogP) is 1.44. The molecule has 1 aromatic carbocycles. The van der Waals surface area contributed by atoms with Gasteiger partial charge >= 0.3 is 30.2 Å². The van der Waals surface area contributed by atoms with Crippen molar-refractivity contribution in [2.75, 3.05) is 20.9 Å². The molecule has 0 saturated heterocycles. The van der Waals surface area contributed by atoms with Crippen LogP contribution >= 0.6 is 0 Å². The van der Waals surface area contributed by atoms with Crippen molar-refractivity contribution in [1.29, 1.82) is 0 Å². The molecule has 1 aromatic heterocycles. The number of ether oxygens (including phenoxy) is 3. The second kappa shape index (κ2) is 24.3. The molecule has 0 bridgehead atoms. The van der Waals surface area contributed by atoms with Gasteiger partial charge in [0.1, 0.15) is 37.4 Å². The number of benzene rings is 1. The van der Waals surface area contributed by atoms with Crippen LogP contribution in [0.1, 0.15) is 50.8 Å². The van der Waals surface area contributed by atoms with Crippen LogP contribution in [0, 0.1) is 5.92 Å². The number of hydrogen-bond donors (Lipinski definition) is 6. The lowest BCUT2D eigenvalue weighted by atomic mass is 10.0. The zero-order valence-electron chi connectivity index (χ0n) is 30.8. The number of nitrogens with zero attached hydrogens (tertiary/aromatic N) is 1. The van der Waals surface area contributed by atoms with Gasteiger partial charge < -0.3 is 45.6 Å². The molecule has 1 heterocycles. The number of aromatic amines is 1. The number of carbonyl (C=O) groups excluding carboxylic acids is 7. The van der Waals surface area contributed by atoms with Crippen LogP contribution in [0.4, 0.5) is 22.4 Å². The Kier molecular flexibility index (Phi) is 20.8. The quantitative estimate of drug-likeness (QED) is 0.0630. The monoisotopic (exact) mass is 804 g/mol. The second-order valence-electron chi connectivity index (χ2n) is 12.2. The lowest BCUT2D eigenvalue weighted by Crippen LogP contribution is -2.58. The minimum Gasteiger partial charge on any atom is -0.475 e. The number of methoxy groups -OCH3 is 2. The molecule has 0 aliphatic heterocycles. The maximum absolute atomic E-state index is 13.7. The number of ketones is 1. The van der Waals surface area contributed by atoms with E-state index < -0.39 is 90.9 Å². The first-order valence-corrected chi connectivity index (χ1v) is 16.7. The van der Waals surface area contributed by atoms with Gasteiger partial charge in [0.05, 0.1) is 27.0 Å². The molecule has 0 radical (unpaired) electrons. The van der Waals surface area contributed by atoms with Gasteiger partial charge in [-0.3, -0.25) is 28.8 Å². The molecule has 22 heteroatoms. The number of aromatic nitrogens is 2. The summed E-state index contributed by atoms with van der Waals surface area (Å²) in [6.07, 6.45) is -4.53. The molecule has 0 spiro atoms. The smallest absolute Gasteiger partial charge is 0.475 e. The summed E-state index contributed by atoms with van der Waals surface area (Å²) in [5.74, 6) is -8.15. The number of imidazole rings is 1. The van der Waals surface area contributed by atoms with Crippen LogP contribution in [0.25, 0.3) is 0 Å². The maximum Gasteiger partial charge on any atom is 0.490 e. The summed E-state index contributed by atoms with van der Waals surface area (Å²) in [6.45, 7) is 2.10. The summed E-state index contributed by atoms with van der Waals surface area (Å²) < 4.78 is 59.5. The van der Waals surface area contributed by atoms with Crippen molar-refractivity contribution in [2.24, 2.45) is 5.92 Å². The Morgan fingerprint density at radius 2 is 1.38 bits per heavy atom. The number of carboxylic acid groups (broad SMARTS) is 1. The minimum absolute atomic E-state index is 0.0515. The van der Waals surface area contributed by atoms with E-state index in [0.717, 1.165) is 19.8 Å². The number of Topliss-reactive ketones (excluding diaryl/α,β-unsaturated/α-hetero) is 1. The summed E-state index contributed by atoms with van der Waals surface area (Å²) in [5, 5.41) is 16.9. The van der Waals surface area contributed by atoms with Gasteiger partial charge in [0.25, 0.3) is 0 Å². The highest BCUT2D eigenvalue weighted by atomic mass is 19.4. The topological polar surface area (TPSA) is 261 Å². The van der Waals surface area contributed by atoms with Crippen LogP contribution in [0.5, 0.6) is 0 Å². The fraction of sp³-hybridized carbons (Fsp3) is 0.500. The van der Waals surface area contributed by atoms with Crippen LogP contribution in [0.15, 0.2) is 42.9 Å². The molecule has 0 saturated carbocycles. The van der Waals surface area contributed by atoms with Crippen LogP contribution < -0.4 is 21.3 Å². The lowest BCUT2D eigenvalue weighted by molar-refractivity contribution is -0.192. The number of alkyl halides is 4. The van der Waals surface area contributed by atoms with E-state index in [1.54, 1.807) is 30.3 Å². The average molecular weight is 805 g/mol. The lowest BCUT2D eigenvalue weighted by Gasteiger charge is -2.26. The largest absolute Gasteiger partial charge is 0.490 e. The Bertz CT molecular complexity index is 1610. The fourth-order valence-electron chi connectivity index (χ4n) is 4.47. The van der Waals surface area contributed by atoms with Gasteiger partial charge in [-0.2, -0.15) is 13.2 Å². The summed E-state index contributed by atoms with van der Waals surface area (Å²) >= 11 is 0. The number of H-pyrrole nitrogens is 1. The molecular weight excluding hydrogens is 760 g/mol. The summed E-state index contributed by atoms with van der Waals surface area (Å²) in [7, 11) is 2.20. The zero-order chi connectivity index (χ0) is 42.4. The number of carbonyl (C=O) groups is 8. The van der Waals surface area contributed by atoms with Gasteiger partial charge in [0.15, 0.2) is 5.78 Å². The highest BCUT2D eigenvalue weighted by molar-refractivity contribution is 5.97. The number of aliphatic carboxylic acids is 1. The van der Waals surface area contributed by atoms with Crippen molar-refractivity contribution in [3.05, 3.63) is 54.1 Å². The molecule has 4 atom stereocenters. The molecular formula is C34H44F4N6O12. The predicted molar refractivity (Wildman–Crippen MR) is 184 cm³/mol. The van der Waals surface area contributed by atoms with Crippen molar-refractivity contribution in [2.45, 2.75) is 82.9 Å². The van der Waals surface area contributed by atoms with Crippen LogP contribution in [-0.4, -0.2) is 114 Å². The normalized spacial score (nSPS) is 12.9. The molecule has 56 heavy (non-hydrogen) atoms. The molecule has 0 unspecified atom stereocenters. The van der Waals surface area contributed by atoms with Gasteiger partial charge in [-0.25, -0.2) is 19.0 Å². The summed E-state index contributed by atoms with van der Waals surface area (Å²) in [4.78, 5) is 105. The average Bonchev–Trinajstić information content (AvgIpc) is 3.67. The van der Waals surface area contributed by atoms with Gasteiger partial charge in [0.2, 0.25) is 17.7 Å². The number of hydrogen-bond acceptors (Lipinski definition) is 12. The zero-order valence-corrected chi connectivity index (χ0v) is 30.8. The van der Waals surface area contributed by atoms with E-state index in [4.69, 9.17) is 14.6 Å².